The van der Waals surface area contributed by atoms with Gasteiger partial charge in [0.1, 0.15) is 5.82 Å². The summed E-state index contributed by atoms with van der Waals surface area (Å²) in [6.07, 6.45) is 3.68. The van der Waals surface area contributed by atoms with Crippen molar-refractivity contribution in [2.24, 2.45) is 5.92 Å². The van der Waals surface area contributed by atoms with E-state index in [1.54, 1.807) is 6.20 Å². The molecule has 0 spiro atoms. The molecule has 3 heterocycles. The Hall–Kier alpha value is -2.89. The smallest absolute Gasteiger partial charge is 0.309 e. The van der Waals surface area contributed by atoms with Crippen LogP contribution in [0.15, 0.2) is 41.5 Å². The number of benzene rings is 1. The number of fused-ring (bicyclic) bond motifs is 1. The molecule has 1 aromatic carbocycles. The molecule has 0 saturated carbocycles. The molecule has 0 aliphatic carbocycles. The van der Waals surface area contributed by atoms with E-state index in [2.05, 4.69) is 9.97 Å². The summed E-state index contributed by atoms with van der Waals surface area (Å²) in [5, 5.41) is 0. The van der Waals surface area contributed by atoms with E-state index in [0.29, 0.717) is 0 Å². The van der Waals surface area contributed by atoms with Gasteiger partial charge in [-0.05, 0) is 31.5 Å². The quantitative estimate of drug-likeness (QED) is 0.787. The number of rotatable bonds is 2. The highest BCUT2D eigenvalue weighted by Gasteiger charge is 2.40. The first-order chi connectivity index (χ1) is 11.5. The third kappa shape index (κ3) is 1.92. The molecule has 0 radical (unpaired) electrons. The van der Waals surface area contributed by atoms with Gasteiger partial charge in [-0.1, -0.05) is 19.1 Å². The van der Waals surface area contributed by atoms with Crippen LogP contribution in [0.3, 0.4) is 0 Å². The molecule has 3 aromatic rings. The molecular formula is C18H18N4O2. The second kappa shape index (κ2) is 5.06. The van der Waals surface area contributed by atoms with Crippen LogP contribution in [0.2, 0.25) is 0 Å². The molecular weight excluding hydrogens is 304 g/mol. The van der Waals surface area contributed by atoms with Crippen molar-refractivity contribution in [2.45, 2.75) is 26.7 Å². The van der Waals surface area contributed by atoms with Crippen LogP contribution in [0, 0.1) is 19.8 Å². The lowest BCUT2D eigenvalue weighted by Crippen LogP contribution is -2.24. The number of nitrogens with zero attached hydrogens (tertiary/aromatic N) is 3. The van der Waals surface area contributed by atoms with Crippen molar-refractivity contribution in [3.05, 3.63) is 69.9 Å². The summed E-state index contributed by atoms with van der Waals surface area (Å²) < 4.78 is 3.29. The fourth-order valence-corrected chi connectivity index (χ4v) is 3.67. The highest BCUT2D eigenvalue weighted by Crippen LogP contribution is 2.39. The number of hydrogen-bond acceptors (Lipinski definition) is 3. The number of carbonyl (C=O) groups is 1. The van der Waals surface area contributed by atoms with Crippen LogP contribution in [0.1, 0.15) is 40.4 Å². The number of aromatic amines is 1. The van der Waals surface area contributed by atoms with E-state index in [1.165, 1.54) is 4.57 Å². The van der Waals surface area contributed by atoms with Gasteiger partial charge in [0.15, 0.2) is 0 Å². The van der Waals surface area contributed by atoms with Gasteiger partial charge in [-0.25, -0.2) is 14.3 Å². The zero-order valence-electron chi connectivity index (χ0n) is 13.8. The van der Waals surface area contributed by atoms with E-state index in [1.807, 2.05) is 55.8 Å². The normalized spacial score (nSPS) is 19.7. The zero-order valence-corrected chi connectivity index (χ0v) is 13.8. The van der Waals surface area contributed by atoms with Gasteiger partial charge in [-0.2, -0.15) is 0 Å². The van der Waals surface area contributed by atoms with E-state index in [-0.39, 0.29) is 23.4 Å². The zero-order chi connectivity index (χ0) is 17.0. The standard InChI is InChI=1S/C18H18N4O2/c1-10-15(16-11(2)20-18(24)22(16)17(10)23)13-4-6-14(7-5-13)21-9-8-19-12(21)3/h4-10,15H,1-3H3,(H,20,24). The molecule has 6 nitrogen and oxygen atoms in total. The minimum Gasteiger partial charge on any atom is -0.309 e. The van der Waals surface area contributed by atoms with Crippen molar-refractivity contribution < 1.29 is 4.79 Å². The molecule has 2 unspecified atom stereocenters. The van der Waals surface area contributed by atoms with Crippen LogP contribution in [0.25, 0.3) is 5.69 Å². The number of aromatic nitrogens is 4. The summed E-state index contributed by atoms with van der Waals surface area (Å²) in [5.41, 5.74) is 3.26. The summed E-state index contributed by atoms with van der Waals surface area (Å²) in [4.78, 5) is 31.4. The summed E-state index contributed by atoms with van der Waals surface area (Å²) in [6.45, 7) is 5.68. The van der Waals surface area contributed by atoms with Gasteiger partial charge in [0, 0.05) is 35.6 Å². The Kier molecular flexibility index (Phi) is 3.09. The van der Waals surface area contributed by atoms with Crippen LogP contribution in [-0.2, 0) is 0 Å². The first-order valence-electron chi connectivity index (χ1n) is 7.95. The summed E-state index contributed by atoms with van der Waals surface area (Å²) in [5.74, 6) is 0.428. The highest BCUT2D eigenvalue weighted by molar-refractivity contribution is 5.87. The van der Waals surface area contributed by atoms with Gasteiger partial charge in [-0.15, -0.1) is 0 Å². The van der Waals surface area contributed by atoms with Crippen LogP contribution >= 0.6 is 0 Å². The van der Waals surface area contributed by atoms with Crippen molar-refractivity contribution >= 4 is 5.91 Å². The van der Waals surface area contributed by atoms with Crippen molar-refractivity contribution in [2.75, 3.05) is 0 Å². The monoisotopic (exact) mass is 322 g/mol. The maximum absolute atomic E-state index is 12.4. The molecule has 0 amide bonds. The van der Waals surface area contributed by atoms with Crippen LogP contribution < -0.4 is 5.69 Å². The average molecular weight is 322 g/mol. The van der Waals surface area contributed by atoms with Gasteiger partial charge < -0.3 is 9.55 Å². The Labute approximate surface area is 138 Å². The fraction of sp³-hybridized carbons (Fsp3) is 0.278. The van der Waals surface area contributed by atoms with Gasteiger partial charge in [0.05, 0.1) is 5.69 Å². The Morgan fingerprint density at radius 1 is 1.12 bits per heavy atom. The van der Waals surface area contributed by atoms with Crippen molar-refractivity contribution in [3.8, 4) is 5.69 Å². The number of carbonyl (C=O) groups excluding carboxylic acids is 1. The second-order valence-corrected chi connectivity index (χ2v) is 6.32. The van der Waals surface area contributed by atoms with E-state index in [4.69, 9.17) is 0 Å². The minimum absolute atomic E-state index is 0.102. The molecule has 0 fully saturated rings. The topological polar surface area (TPSA) is 72.7 Å². The van der Waals surface area contributed by atoms with E-state index < -0.39 is 0 Å². The van der Waals surface area contributed by atoms with E-state index in [0.717, 1.165) is 28.5 Å². The molecule has 0 saturated heterocycles. The molecule has 6 heteroatoms. The predicted octanol–water partition coefficient (Wildman–Crippen LogP) is 2.40. The summed E-state index contributed by atoms with van der Waals surface area (Å²) in [7, 11) is 0. The summed E-state index contributed by atoms with van der Waals surface area (Å²) in [6, 6.07) is 8.08. The fourth-order valence-electron chi connectivity index (χ4n) is 3.67. The highest BCUT2D eigenvalue weighted by atomic mass is 16.2. The predicted molar refractivity (Wildman–Crippen MR) is 89.7 cm³/mol. The van der Waals surface area contributed by atoms with Gasteiger partial charge in [0.2, 0.25) is 5.91 Å². The molecule has 122 valence electrons. The van der Waals surface area contributed by atoms with Crippen molar-refractivity contribution in [1.29, 1.82) is 0 Å². The number of imidazole rings is 2. The number of nitrogens with one attached hydrogen (secondary N) is 1. The Morgan fingerprint density at radius 2 is 1.83 bits per heavy atom. The van der Waals surface area contributed by atoms with E-state index >= 15 is 0 Å². The number of H-pyrrole nitrogens is 1. The van der Waals surface area contributed by atoms with Crippen LogP contribution in [0.4, 0.5) is 0 Å². The SMILES string of the molecule is Cc1[nH]c(=O)n2c1C(c1ccc(-n3ccnc3C)cc1)C(C)C2=O. The van der Waals surface area contributed by atoms with Crippen LogP contribution in [-0.4, -0.2) is 25.0 Å². The molecule has 1 aliphatic rings. The van der Waals surface area contributed by atoms with Gasteiger partial charge in [0.25, 0.3) is 0 Å². The average Bonchev–Trinajstić information content (AvgIpc) is 3.18. The lowest BCUT2D eigenvalue weighted by Gasteiger charge is -2.16. The summed E-state index contributed by atoms with van der Waals surface area (Å²) >= 11 is 0. The molecule has 2 atom stereocenters. The van der Waals surface area contributed by atoms with Crippen molar-refractivity contribution in [3.63, 3.8) is 0 Å². The number of aryl methyl sites for hydroxylation is 2. The third-order valence-electron chi connectivity index (χ3n) is 4.88. The molecule has 1 aliphatic heterocycles. The lowest BCUT2D eigenvalue weighted by atomic mass is 9.86. The van der Waals surface area contributed by atoms with Gasteiger partial charge >= 0.3 is 5.69 Å². The Morgan fingerprint density at radius 3 is 2.46 bits per heavy atom. The van der Waals surface area contributed by atoms with Crippen molar-refractivity contribution in [1.82, 2.24) is 19.1 Å². The lowest BCUT2D eigenvalue weighted by molar-refractivity contribution is 0.0865. The minimum atomic E-state index is -0.340. The van der Waals surface area contributed by atoms with Gasteiger partial charge in [-0.3, -0.25) is 4.79 Å². The largest absolute Gasteiger partial charge is 0.332 e. The second-order valence-electron chi connectivity index (χ2n) is 6.32. The molecule has 2 aromatic heterocycles. The third-order valence-corrected chi connectivity index (χ3v) is 4.88. The first kappa shape index (κ1) is 14.7. The van der Waals surface area contributed by atoms with Crippen LogP contribution in [0.5, 0.6) is 0 Å². The maximum Gasteiger partial charge on any atom is 0.332 e. The number of hydrogen-bond donors (Lipinski definition) is 1. The molecule has 24 heavy (non-hydrogen) atoms. The molecule has 0 bridgehead atoms. The Bertz CT molecular complexity index is 991. The molecule has 4 rings (SSSR count). The first-order valence-corrected chi connectivity index (χ1v) is 7.95. The molecule has 1 N–H and O–H groups in total. The Balaban J connectivity index is 1.79. The maximum atomic E-state index is 12.4. The van der Waals surface area contributed by atoms with E-state index in [9.17, 15) is 9.59 Å².